The summed E-state index contributed by atoms with van der Waals surface area (Å²) in [6.07, 6.45) is -25.7. The number of hydrogen-bond donors (Lipinski definition) is 11. The molecule has 0 aromatic heterocycles. The number of aliphatic hydroxyl groups is 9. The Labute approximate surface area is 232 Å². The van der Waals surface area contributed by atoms with Crippen molar-refractivity contribution in [2.24, 2.45) is 0 Å². The molecule has 3 aliphatic heterocycles. The van der Waals surface area contributed by atoms with Gasteiger partial charge < -0.3 is 75.0 Å². The van der Waals surface area contributed by atoms with Crippen molar-refractivity contribution in [3.8, 4) is 0 Å². The van der Waals surface area contributed by atoms with E-state index in [0.717, 1.165) is 6.92 Å². The van der Waals surface area contributed by atoms with Crippen LogP contribution in [0.25, 0.3) is 0 Å². The van der Waals surface area contributed by atoms with Gasteiger partial charge in [-0.2, -0.15) is 8.42 Å². The van der Waals surface area contributed by atoms with Crippen LogP contribution in [0.1, 0.15) is 6.92 Å². The summed E-state index contributed by atoms with van der Waals surface area (Å²) in [6.45, 7) is -1.59. The average Bonchev–Trinajstić information content (AvgIpc) is 2.90. The lowest BCUT2D eigenvalue weighted by Gasteiger charge is -2.48. The van der Waals surface area contributed by atoms with Crippen LogP contribution < -0.4 is 5.32 Å². The first-order valence-corrected chi connectivity index (χ1v) is 13.6. The second-order valence-electron chi connectivity index (χ2n) is 9.57. The maximum Gasteiger partial charge on any atom is 0.397 e. The quantitative estimate of drug-likeness (QED) is 0.100. The Morgan fingerprint density at radius 3 is 1.73 bits per heavy atom. The number of amides is 1. The summed E-state index contributed by atoms with van der Waals surface area (Å²) in [5.74, 6) is -0.679. The highest BCUT2D eigenvalue weighted by Crippen LogP contribution is 2.33. The maximum atomic E-state index is 11.6. The van der Waals surface area contributed by atoms with Crippen LogP contribution in [-0.4, -0.2) is 177 Å². The molecule has 41 heavy (non-hydrogen) atoms. The third-order valence-electron chi connectivity index (χ3n) is 6.70. The van der Waals surface area contributed by atoms with Crippen molar-refractivity contribution in [3.05, 3.63) is 0 Å². The topological polar surface area (TPSA) is 321 Å². The predicted molar refractivity (Wildman–Crippen MR) is 123 cm³/mol. The second kappa shape index (κ2) is 14.0. The molecule has 0 bridgehead atoms. The van der Waals surface area contributed by atoms with Gasteiger partial charge in [-0.1, -0.05) is 0 Å². The lowest BCUT2D eigenvalue weighted by molar-refractivity contribution is -0.371. The molecular weight excluding hydrogens is 590 g/mol. The van der Waals surface area contributed by atoms with Gasteiger partial charge in [0, 0.05) is 6.92 Å². The fraction of sp³-hybridized carbons (Fsp3) is 0.950. The van der Waals surface area contributed by atoms with Gasteiger partial charge in [-0.05, 0) is 0 Å². The second-order valence-corrected chi connectivity index (χ2v) is 10.6. The zero-order valence-electron chi connectivity index (χ0n) is 21.3. The summed E-state index contributed by atoms with van der Waals surface area (Å²) in [7, 11) is -5.23. The third-order valence-corrected chi connectivity index (χ3v) is 7.17. The molecule has 1 amide bonds. The van der Waals surface area contributed by atoms with Crippen LogP contribution in [0.2, 0.25) is 0 Å². The smallest absolute Gasteiger partial charge is 0.394 e. The van der Waals surface area contributed by atoms with E-state index in [-0.39, 0.29) is 0 Å². The van der Waals surface area contributed by atoms with E-state index in [2.05, 4.69) is 9.50 Å². The van der Waals surface area contributed by atoms with Crippen LogP contribution in [0.15, 0.2) is 0 Å². The molecular formula is C20H35NO19S. The fourth-order valence-corrected chi connectivity index (χ4v) is 5.21. The Kier molecular flexibility index (Phi) is 11.7. The molecule has 3 fully saturated rings. The highest BCUT2D eigenvalue weighted by Gasteiger charge is 2.54. The lowest BCUT2D eigenvalue weighted by atomic mass is 9.95. The molecule has 0 aromatic rings. The van der Waals surface area contributed by atoms with Crippen molar-refractivity contribution >= 4 is 16.3 Å². The molecule has 20 nitrogen and oxygen atoms in total. The summed E-state index contributed by atoms with van der Waals surface area (Å²) in [6, 6.07) is -1.45. The summed E-state index contributed by atoms with van der Waals surface area (Å²) in [4.78, 5) is 11.6. The zero-order valence-corrected chi connectivity index (χ0v) is 22.2. The maximum absolute atomic E-state index is 11.6. The van der Waals surface area contributed by atoms with E-state index in [1.54, 1.807) is 0 Å². The number of hydrogen-bond acceptors (Lipinski definition) is 18. The number of aliphatic hydroxyl groups excluding tert-OH is 9. The van der Waals surface area contributed by atoms with Crippen molar-refractivity contribution in [2.45, 2.75) is 99.0 Å². The van der Waals surface area contributed by atoms with E-state index in [1.165, 1.54) is 0 Å². The van der Waals surface area contributed by atoms with Gasteiger partial charge in [0.1, 0.15) is 73.2 Å². The van der Waals surface area contributed by atoms with Gasteiger partial charge in [0.05, 0.1) is 19.8 Å². The Morgan fingerprint density at radius 1 is 0.707 bits per heavy atom. The largest absolute Gasteiger partial charge is 0.397 e. The zero-order chi connectivity index (χ0) is 30.8. The van der Waals surface area contributed by atoms with E-state index in [1.807, 2.05) is 0 Å². The van der Waals surface area contributed by atoms with E-state index in [9.17, 15) is 59.2 Å². The minimum absolute atomic E-state index is 0.679. The summed E-state index contributed by atoms with van der Waals surface area (Å²) < 4.78 is 62.4. The van der Waals surface area contributed by atoms with Crippen molar-refractivity contribution in [1.29, 1.82) is 0 Å². The molecule has 3 heterocycles. The minimum Gasteiger partial charge on any atom is -0.394 e. The van der Waals surface area contributed by atoms with Gasteiger partial charge in [-0.25, -0.2) is 4.18 Å². The molecule has 3 aliphatic rings. The summed E-state index contributed by atoms with van der Waals surface area (Å²) in [5.41, 5.74) is 0. The monoisotopic (exact) mass is 625 g/mol. The molecule has 240 valence electrons. The van der Waals surface area contributed by atoms with Gasteiger partial charge in [-0.15, -0.1) is 0 Å². The summed E-state index contributed by atoms with van der Waals surface area (Å²) >= 11 is 0. The molecule has 0 aliphatic carbocycles. The van der Waals surface area contributed by atoms with Gasteiger partial charge >= 0.3 is 10.4 Å². The minimum atomic E-state index is -5.23. The molecule has 3 rings (SSSR count). The molecule has 3 saturated heterocycles. The summed E-state index contributed by atoms with van der Waals surface area (Å²) in [5, 5.41) is 94.2. The number of carbonyl (C=O) groups excluding carboxylic acids is 1. The van der Waals surface area contributed by atoms with Crippen molar-refractivity contribution in [3.63, 3.8) is 0 Å². The van der Waals surface area contributed by atoms with E-state index in [0.29, 0.717) is 0 Å². The van der Waals surface area contributed by atoms with Crippen LogP contribution in [0.4, 0.5) is 0 Å². The number of ether oxygens (including phenoxy) is 5. The highest BCUT2D eigenvalue weighted by atomic mass is 32.3. The molecule has 0 saturated carbocycles. The van der Waals surface area contributed by atoms with Crippen molar-refractivity contribution < 1.29 is 91.6 Å². The van der Waals surface area contributed by atoms with Crippen LogP contribution in [-0.2, 0) is 43.1 Å². The van der Waals surface area contributed by atoms with Crippen molar-refractivity contribution in [2.75, 3.05) is 19.8 Å². The first-order valence-electron chi connectivity index (χ1n) is 12.2. The molecule has 11 N–H and O–H groups in total. The first kappa shape index (κ1) is 34.3. The molecule has 0 spiro atoms. The predicted octanol–water partition coefficient (Wildman–Crippen LogP) is -7.60. The molecule has 0 aromatic carbocycles. The van der Waals surface area contributed by atoms with E-state index in [4.69, 9.17) is 28.2 Å². The molecule has 21 heteroatoms. The van der Waals surface area contributed by atoms with Gasteiger partial charge in [0.15, 0.2) is 18.9 Å². The third kappa shape index (κ3) is 7.84. The number of carbonyl (C=O) groups is 1. The van der Waals surface area contributed by atoms with E-state index >= 15 is 0 Å². The number of rotatable bonds is 10. The Hall–Kier alpha value is -1.22. The first-order chi connectivity index (χ1) is 19.1. The van der Waals surface area contributed by atoms with Crippen LogP contribution >= 0.6 is 0 Å². The highest BCUT2D eigenvalue weighted by molar-refractivity contribution is 7.80. The number of nitrogens with one attached hydrogen (secondary N) is 1. The Bertz CT molecular complexity index is 970. The normalized spacial score (nSPS) is 45.8. The fourth-order valence-electron chi connectivity index (χ4n) is 4.70. The van der Waals surface area contributed by atoms with Crippen LogP contribution in [0.3, 0.4) is 0 Å². The van der Waals surface area contributed by atoms with Gasteiger partial charge in [0.25, 0.3) is 0 Å². The van der Waals surface area contributed by atoms with E-state index < -0.39 is 128 Å². The SMILES string of the molecule is CC(=O)N[C@@H]1[C@@H](O[C@@H]2O[C@H](CO)[C@H](O[C@@H]3O[C@H](CO)[C@H](O)[C@H](OS(=O)(=O)O)[C@H]3O)[C@H](O)[C@H]2O)[C@@H](O)[C@@H](CO)O[C@H]1O. The average molecular weight is 626 g/mol. The van der Waals surface area contributed by atoms with Crippen LogP contribution in [0, 0.1) is 0 Å². The van der Waals surface area contributed by atoms with Gasteiger partial charge in [0.2, 0.25) is 5.91 Å². The Morgan fingerprint density at radius 2 is 1.20 bits per heavy atom. The van der Waals surface area contributed by atoms with Crippen molar-refractivity contribution in [1.82, 2.24) is 5.32 Å². The molecule has 0 radical (unpaired) electrons. The standard InChI is InChI=1S/C20H35NO19S/c1-5(25)21-9-16(10(26)6(2-22)35-18(9)31)39-19-13(29)12(28)15(8(4-24)37-19)38-20-14(30)17(40-41(32,33)34)11(27)7(3-23)36-20/h6-20,22-24,26-31H,2-4H2,1H3,(H,21,25)(H,32,33,34)/t6-,7-,8-,9-,10+,11+,12-,13-,14-,15+,16-,17+,18-,19+,20+/m1/s1. The van der Waals surface area contributed by atoms with Gasteiger partial charge in [-0.3, -0.25) is 9.35 Å². The Balaban J connectivity index is 1.80. The molecule has 0 unspecified atom stereocenters. The lowest BCUT2D eigenvalue weighted by Crippen LogP contribution is -2.68. The molecule has 15 atom stereocenters. The van der Waals surface area contributed by atoms with Crippen LogP contribution in [0.5, 0.6) is 0 Å².